The number of carbonyl (C=O) groups is 1. The van der Waals surface area contributed by atoms with Gasteiger partial charge in [0.05, 0.1) is 26.3 Å². The predicted molar refractivity (Wildman–Crippen MR) is 132 cm³/mol. The zero-order valence-corrected chi connectivity index (χ0v) is 19.0. The number of methoxy groups -OCH3 is 3. The van der Waals surface area contributed by atoms with Gasteiger partial charge in [0.15, 0.2) is 17.3 Å². The van der Waals surface area contributed by atoms with Crippen LogP contribution in [0.4, 0.5) is 11.4 Å². The smallest absolute Gasteiger partial charge is 0.269 e. The molecule has 8 nitrogen and oxygen atoms in total. The standard InChI is InChI=1S/C26H24N2O6/c1-32-24-16-19(17-25(33-2)26(24)34-3)5-4-18-6-10-21(11-7-18)27-15-14-23(29)20-8-12-22(13-9-20)28(30)31/h4-17,27H,1-3H3. The molecular formula is C26H24N2O6. The summed E-state index contributed by atoms with van der Waals surface area (Å²) in [6, 6.07) is 16.8. The summed E-state index contributed by atoms with van der Waals surface area (Å²) in [7, 11) is 4.71. The highest BCUT2D eigenvalue weighted by Gasteiger charge is 2.12. The van der Waals surface area contributed by atoms with Gasteiger partial charge in [0.1, 0.15) is 0 Å². The number of nitro benzene ring substituents is 1. The summed E-state index contributed by atoms with van der Waals surface area (Å²) in [4.78, 5) is 22.4. The van der Waals surface area contributed by atoms with E-state index in [9.17, 15) is 14.9 Å². The number of non-ortho nitro benzene ring substituents is 1. The van der Waals surface area contributed by atoms with E-state index in [1.165, 1.54) is 36.5 Å². The maximum Gasteiger partial charge on any atom is 0.269 e. The number of hydrogen-bond acceptors (Lipinski definition) is 7. The van der Waals surface area contributed by atoms with Crippen LogP contribution in [0.25, 0.3) is 12.2 Å². The van der Waals surface area contributed by atoms with Gasteiger partial charge in [-0.3, -0.25) is 14.9 Å². The lowest BCUT2D eigenvalue weighted by Gasteiger charge is -2.12. The van der Waals surface area contributed by atoms with E-state index in [-0.39, 0.29) is 11.5 Å². The zero-order valence-electron chi connectivity index (χ0n) is 19.0. The Labute approximate surface area is 197 Å². The summed E-state index contributed by atoms with van der Waals surface area (Å²) in [6.07, 6.45) is 6.80. The Hall–Kier alpha value is -4.59. The Bertz CT molecular complexity index is 1190. The molecule has 0 saturated heterocycles. The van der Waals surface area contributed by atoms with E-state index in [1.54, 1.807) is 21.3 Å². The van der Waals surface area contributed by atoms with Gasteiger partial charge in [-0.25, -0.2) is 0 Å². The van der Waals surface area contributed by atoms with Gasteiger partial charge in [0, 0.05) is 35.7 Å². The summed E-state index contributed by atoms with van der Waals surface area (Å²) >= 11 is 0. The number of ketones is 1. The zero-order chi connectivity index (χ0) is 24.5. The minimum atomic E-state index is -0.505. The summed E-state index contributed by atoms with van der Waals surface area (Å²) in [5.74, 6) is 1.44. The molecule has 8 heteroatoms. The number of carbonyl (C=O) groups excluding carboxylic acids is 1. The molecule has 174 valence electrons. The first-order valence-corrected chi connectivity index (χ1v) is 10.2. The normalized spacial score (nSPS) is 10.9. The molecule has 0 amide bonds. The van der Waals surface area contributed by atoms with Crippen molar-refractivity contribution in [3.05, 3.63) is 99.7 Å². The molecule has 0 heterocycles. The number of benzene rings is 3. The number of allylic oxidation sites excluding steroid dienone is 1. The lowest BCUT2D eigenvalue weighted by molar-refractivity contribution is -0.384. The second-order valence-electron chi connectivity index (χ2n) is 7.06. The average molecular weight is 460 g/mol. The SMILES string of the molecule is COc1cc(C=Cc2ccc(NC=CC(=O)c3ccc([N+](=O)[O-])cc3)cc2)cc(OC)c1OC. The van der Waals surface area contributed by atoms with Crippen molar-refractivity contribution in [2.45, 2.75) is 0 Å². The molecule has 0 radical (unpaired) electrons. The summed E-state index contributed by atoms with van der Waals surface area (Å²) in [5.41, 5.74) is 2.99. The molecule has 0 bridgehead atoms. The highest BCUT2D eigenvalue weighted by molar-refractivity contribution is 6.04. The minimum Gasteiger partial charge on any atom is -0.493 e. The number of ether oxygens (including phenoxy) is 3. The van der Waals surface area contributed by atoms with E-state index >= 15 is 0 Å². The van der Waals surface area contributed by atoms with Gasteiger partial charge < -0.3 is 19.5 Å². The van der Waals surface area contributed by atoms with Crippen molar-refractivity contribution >= 4 is 29.3 Å². The van der Waals surface area contributed by atoms with Crippen molar-refractivity contribution in [1.29, 1.82) is 0 Å². The van der Waals surface area contributed by atoms with Crippen molar-refractivity contribution < 1.29 is 23.9 Å². The van der Waals surface area contributed by atoms with Gasteiger partial charge >= 0.3 is 0 Å². The topological polar surface area (TPSA) is 99.9 Å². The number of anilines is 1. The van der Waals surface area contributed by atoms with Gasteiger partial charge in [-0.05, 0) is 47.5 Å². The largest absolute Gasteiger partial charge is 0.493 e. The van der Waals surface area contributed by atoms with Crippen LogP contribution in [-0.2, 0) is 0 Å². The Morgan fingerprint density at radius 2 is 1.44 bits per heavy atom. The third-order valence-corrected chi connectivity index (χ3v) is 4.91. The van der Waals surface area contributed by atoms with Crippen LogP contribution in [0, 0.1) is 10.1 Å². The van der Waals surface area contributed by atoms with Crippen LogP contribution in [0.15, 0.2) is 72.9 Å². The second-order valence-corrected chi connectivity index (χ2v) is 7.06. The van der Waals surface area contributed by atoms with E-state index in [0.29, 0.717) is 22.8 Å². The third-order valence-electron chi connectivity index (χ3n) is 4.91. The number of nitrogens with zero attached hydrogens (tertiary/aromatic N) is 1. The van der Waals surface area contributed by atoms with Crippen LogP contribution in [-0.4, -0.2) is 32.0 Å². The first kappa shape index (κ1) is 24.1. The second kappa shape index (κ2) is 11.3. The molecule has 3 rings (SSSR count). The highest BCUT2D eigenvalue weighted by Crippen LogP contribution is 2.38. The Morgan fingerprint density at radius 1 is 0.853 bits per heavy atom. The van der Waals surface area contributed by atoms with E-state index in [0.717, 1.165) is 16.8 Å². The highest BCUT2D eigenvalue weighted by atomic mass is 16.6. The summed E-state index contributed by atoms with van der Waals surface area (Å²) in [5, 5.41) is 13.7. The molecule has 1 N–H and O–H groups in total. The fourth-order valence-corrected chi connectivity index (χ4v) is 3.14. The fraction of sp³-hybridized carbons (Fsp3) is 0.115. The molecule has 0 aliphatic heterocycles. The third kappa shape index (κ3) is 6.01. The molecule has 0 aliphatic carbocycles. The Balaban J connectivity index is 1.62. The molecule has 0 aliphatic rings. The lowest BCUT2D eigenvalue weighted by atomic mass is 10.1. The van der Waals surface area contributed by atoms with Crippen molar-refractivity contribution in [3.8, 4) is 17.2 Å². The Morgan fingerprint density at radius 3 is 1.97 bits per heavy atom. The van der Waals surface area contributed by atoms with Crippen molar-refractivity contribution in [2.75, 3.05) is 26.6 Å². The van der Waals surface area contributed by atoms with Crippen LogP contribution in [0.3, 0.4) is 0 Å². The first-order chi connectivity index (χ1) is 16.4. The van der Waals surface area contributed by atoms with Gasteiger partial charge in [-0.15, -0.1) is 0 Å². The quantitative estimate of drug-likeness (QED) is 0.138. The molecule has 0 unspecified atom stereocenters. The number of nitrogens with one attached hydrogen (secondary N) is 1. The van der Waals surface area contributed by atoms with Crippen LogP contribution >= 0.6 is 0 Å². The van der Waals surface area contributed by atoms with Crippen LogP contribution in [0.2, 0.25) is 0 Å². The van der Waals surface area contributed by atoms with Crippen molar-refractivity contribution in [3.63, 3.8) is 0 Å². The van der Waals surface area contributed by atoms with Crippen molar-refractivity contribution in [2.24, 2.45) is 0 Å². The minimum absolute atomic E-state index is 0.0574. The molecule has 34 heavy (non-hydrogen) atoms. The average Bonchev–Trinajstić information content (AvgIpc) is 2.87. The molecule has 0 fully saturated rings. The van der Waals surface area contributed by atoms with Crippen molar-refractivity contribution in [1.82, 2.24) is 0 Å². The fourth-order valence-electron chi connectivity index (χ4n) is 3.14. The Kier molecular flexibility index (Phi) is 8.02. The molecule has 3 aromatic carbocycles. The molecular weight excluding hydrogens is 436 g/mol. The van der Waals surface area contributed by atoms with Gasteiger partial charge in [-0.2, -0.15) is 0 Å². The maximum absolute atomic E-state index is 12.2. The van der Waals surface area contributed by atoms with E-state index in [4.69, 9.17) is 14.2 Å². The van der Waals surface area contributed by atoms with Crippen LogP contribution in [0.1, 0.15) is 21.5 Å². The van der Waals surface area contributed by atoms with Gasteiger partial charge in [0.25, 0.3) is 5.69 Å². The first-order valence-electron chi connectivity index (χ1n) is 10.2. The lowest BCUT2D eigenvalue weighted by Crippen LogP contribution is -1.97. The summed E-state index contributed by atoms with van der Waals surface area (Å²) in [6.45, 7) is 0. The maximum atomic E-state index is 12.2. The van der Waals surface area contributed by atoms with Gasteiger partial charge in [-0.1, -0.05) is 24.3 Å². The molecule has 0 spiro atoms. The summed E-state index contributed by atoms with van der Waals surface area (Å²) < 4.78 is 16.1. The van der Waals surface area contributed by atoms with E-state index in [1.807, 2.05) is 48.6 Å². The molecule has 0 atom stereocenters. The van der Waals surface area contributed by atoms with Crippen LogP contribution < -0.4 is 19.5 Å². The van der Waals surface area contributed by atoms with E-state index < -0.39 is 4.92 Å². The molecule has 3 aromatic rings. The number of rotatable bonds is 10. The van der Waals surface area contributed by atoms with Crippen LogP contribution in [0.5, 0.6) is 17.2 Å². The number of nitro groups is 1. The predicted octanol–water partition coefficient (Wildman–Crippen LogP) is 5.60. The number of hydrogen-bond donors (Lipinski definition) is 1. The molecule has 0 aromatic heterocycles. The van der Waals surface area contributed by atoms with Gasteiger partial charge in [0.2, 0.25) is 5.75 Å². The van der Waals surface area contributed by atoms with E-state index in [2.05, 4.69) is 5.32 Å². The molecule has 0 saturated carbocycles. The monoisotopic (exact) mass is 460 g/mol.